The number of fused-ring (bicyclic) bond motifs is 2. The molecule has 7 heteroatoms. The molecule has 1 saturated heterocycles. The van der Waals surface area contributed by atoms with E-state index >= 15 is 0 Å². The van der Waals surface area contributed by atoms with Crippen LogP contribution in [0.15, 0.2) is 63.9 Å². The van der Waals surface area contributed by atoms with Gasteiger partial charge in [0.15, 0.2) is 0 Å². The van der Waals surface area contributed by atoms with Gasteiger partial charge in [-0.05, 0) is 55.4 Å². The Morgan fingerprint density at radius 3 is 2.90 bits per heavy atom. The Kier molecular flexibility index (Phi) is 5.64. The minimum absolute atomic E-state index is 0.193. The molecule has 0 aliphatic carbocycles. The summed E-state index contributed by atoms with van der Waals surface area (Å²) >= 11 is 6.56. The number of rotatable bonds is 3. The van der Waals surface area contributed by atoms with Crippen molar-refractivity contribution in [2.24, 2.45) is 21.1 Å². The lowest BCUT2D eigenvalue weighted by Gasteiger charge is -2.25. The zero-order valence-electron chi connectivity index (χ0n) is 17.2. The van der Waals surface area contributed by atoms with Crippen LogP contribution in [0, 0.1) is 5.92 Å². The van der Waals surface area contributed by atoms with E-state index in [2.05, 4.69) is 32.3 Å². The van der Waals surface area contributed by atoms with Crippen molar-refractivity contribution in [3.8, 4) is 0 Å². The number of benzene rings is 1. The van der Waals surface area contributed by atoms with Gasteiger partial charge in [-0.15, -0.1) is 0 Å². The maximum Gasteiger partial charge on any atom is 0.146 e. The third kappa shape index (κ3) is 4.17. The Morgan fingerprint density at radius 1 is 1.13 bits per heavy atom. The van der Waals surface area contributed by atoms with Crippen molar-refractivity contribution in [1.82, 2.24) is 4.98 Å². The topological polar surface area (TPSA) is 70.3 Å². The van der Waals surface area contributed by atoms with Gasteiger partial charge >= 0.3 is 0 Å². The third-order valence-electron chi connectivity index (χ3n) is 6.36. The third-order valence-corrected chi connectivity index (χ3v) is 6.66. The van der Waals surface area contributed by atoms with Crippen LogP contribution in [0.25, 0.3) is 0 Å². The van der Waals surface area contributed by atoms with Gasteiger partial charge in [-0.3, -0.25) is 0 Å². The van der Waals surface area contributed by atoms with Crippen LogP contribution in [0.4, 0.5) is 11.5 Å². The summed E-state index contributed by atoms with van der Waals surface area (Å²) in [4.78, 5) is 22.9. The highest BCUT2D eigenvalue weighted by Crippen LogP contribution is 2.32. The molecule has 31 heavy (non-hydrogen) atoms. The van der Waals surface area contributed by atoms with Crippen LogP contribution < -0.4 is 4.90 Å². The van der Waals surface area contributed by atoms with Crippen molar-refractivity contribution in [1.29, 1.82) is 0 Å². The second kappa shape index (κ2) is 8.71. The molecule has 1 aromatic carbocycles. The summed E-state index contributed by atoms with van der Waals surface area (Å²) in [5.41, 5.74) is 3.93. The Bertz CT molecular complexity index is 1080. The predicted molar refractivity (Wildman–Crippen MR) is 123 cm³/mol. The molecular weight excluding hydrogens is 410 g/mol. The van der Waals surface area contributed by atoms with E-state index in [0.29, 0.717) is 10.9 Å². The van der Waals surface area contributed by atoms with E-state index in [-0.39, 0.29) is 12.1 Å². The van der Waals surface area contributed by atoms with Crippen molar-refractivity contribution < 1.29 is 4.79 Å². The summed E-state index contributed by atoms with van der Waals surface area (Å²) in [6.45, 7) is 1.73. The number of aldehydes is 1. The number of hydrogen-bond acceptors (Lipinski definition) is 6. The molecule has 0 spiro atoms. The lowest BCUT2D eigenvalue weighted by molar-refractivity contribution is -0.109. The van der Waals surface area contributed by atoms with Gasteiger partial charge in [0, 0.05) is 24.8 Å². The first kappa shape index (κ1) is 20.1. The second-order valence-corrected chi connectivity index (χ2v) is 8.72. The van der Waals surface area contributed by atoms with Gasteiger partial charge in [-0.25, -0.2) is 9.98 Å². The molecule has 3 atom stereocenters. The van der Waals surface area contributed by atoms with E-state index in [1.54, 1.807) is 6.20 Å². The molecule has 6 nitrogen and oxygen atoms in total. The summed E-state index contributed by atoms with van der Waals surface area (Å²) < 4.78 is 0. The lowest BCUT2D eigenvalue weighted by Crippen LogP contribution is -2.27. The number of halogens is 1. The fourth-order valence-electron chi connectivity index (χ4n) is 4.62. The highest BCUT2D eigenvalue weighted by molar-refractivity contribution is 6.35. The van der Waals surface area contributed by atoms with Crippen LogP contribution >= 0.6 is 11.6 Å². The number of carbonyl (C=O) groups excluding carboxylic acids is 1. The monoisotopic (exact) mass is 433 g/mol. The summed E-state index contributed by atoms with van der Waals surface area (Å²) in [5.74, 6) is 1.30. The minimum atomic E-state index is -0.282. The van der Waals surface area contributed by atoms with E-state index in [1.807, 2.05) is 30.3 Å². The lowest BCUT2D eigenvalue weighted by atomic mass is 9.88. The Hall–Kier alpha value is -2.86. The van der Waals surface area contributed by atoms with Crippen LogP contribution in [0.1, 0.15) is 30.4 Å². The Morgan fingerprint density at radius 2 is 2.00 bits per heavy atom. The van der Waals surface area contributed by atoms with Gasteiger partial charge in [0.05, 0.1) is 22.5 Å². The number of nitrogens with zero attached hydrogens (tertiary/aromatic N) is 5. The summed E-state index contributed by atoms with van der Waals surface area (Å²) in [5, 5.41) is 9.19. The van der Waals surface area contributed by atoms with Crippen molar-refractivity contribution in [3.63, 3.8) is 0 Å². The van der Waals surface area contributed by atoms with Crippen molar-refractivity contribution >= 4 is 35.1 Å². The molecule has 3 aliphatic heterocycles. The van der Waals surface area contributed by atoms with Crippen LogP contribution in [0.5, 0.6) is 0 Å². The number of aromatic nitrogens is 1. The number of carbonyl (C=O) groups is 1. The maximum atomic E-state index is 11.1. The number of hydrogen-bond donors (Lipinski definition) is 0. The van der Waals surface area contributed by atoms with E-state index in [0.717, 1.165) is 67.8 Å². The number of azo groups is 1. The number of pyridine rings is 1. The summed E-state index contributed by atoms with van der Waals surface area (Å²) in [6.07, 6.45) is 10.3. The van der Waals surface area contributed by atoms with Gasteiger partial charge in [0.1, 0.15) is 18.1 Å². The average molecular weight is 434 g/mol. The molecule has 0 radical (unpaired) electrons. The van der Waals surface area contributed by atoms with Crippen LogP contribution in [-0.4, -0.2) is 42.2 Å². The Labute approximate surface area is 186 Å². The first-order valence-corrected chi connectivity index (χ1v) is 11.2. The van der Waals surface area contributed by atoms with Gasteiger partial charge in [0.25, 0.3) is 0 Å². The number of para-hydroxylation sites is 1. The highest BCUT2D eigenvalue weighted by atomic mass is 35.5. The molecule has 0 amide bonds. The van der Waals surface area contributed by atoms with Crippen molar-refractivity contribution in [2.45, 2.75) is 37.8 Å². The molecule has 0 saturated carbocycles. The fraction of sp³-hybridized carbons (Fsp3) is 0.375. The number of allylic oxidation sites excluding steroid dienone is 2. The molecule has 3 unspecified atom stereocenters. The van der Waals surface area contributed by atoms with Crippen LogP contribution in [-0.2, 0) is 11.2 Å². The quantitative estimate of drug-likeness (QED) is 0.641. The van der Waals surface area contributed by atoms with Gasteiger partial charge < -0.3 is 9.69 Å². The van der Waals surface area contributed by atoms with Gasteiger partial charge in [-0.1, -0.05) is 35.9 Å². The SMILES string of the molecule is O=CC1CC2CCN(c3cc(C4=Nc5ccccc5CC=C4)c(Cl)cn3)CCC2N=N1. The molecule has 1 fully saturated rings. The molecular formula is C24H24ClN5O. The van der Waals surface area contributed by atoms with Crippen molar-refractivity contribution in [2.75, 3.05) is 18.0 Å². The zero-order chi connectivity index (χ0) is 21.2. The minimum Gasteiger partial charge on any atom is -0.357 e. The second-order valence-electron chi connectivity index (χ2n) is 8.32. The zero-order valence-corrected chi connectivity index (χ0v) is 17.9. The first-order chi connectivity index (χ1) is 15.2. The number of anilines is 1. The smallest absolute Gasteiger partial charge is 0.146 e. The molecule has 158 valence electrons. The molecule has 4 heterocycles. The predicted octanol–water partition coefficient (Wildman–Crippen LogP) is 4.98. The first-order valence-electron chi connectivity index (χ1n) is 10.8. The maximum absolute atomic E-state index is 11.1. The molecule has 0 bridgehead atoms. The van der Waals surface area contributed by atoms with E-state index < -0.39 is 0 Å². The van der Waals surface area contributed by atoms with Crippen LogP contribution in [0.3, 0.4) is 0 Å². The van der Waals surface area contributed by atoms with Crippen molar-refractivity contribution in [3.05, 3.63) is 64.8 Å². The largest absolute Gasteiger partial charge is 0.357 e. The summed E-state index contributed by atoms with van der Waals surface area (Å²) in [6, 6.07) is 10.1. The van der Waals surface area contributed by atoms with Crippen LogP contribution in [0.2, 0.25) is 5.02 Å². The Balaban J connectivity index is 1.41. The summed E-state index contributed by atoms with van der Waals surface area (Å²) in [7, 11) is 0. The number of aliphatic imine (C=N–C) groups is 1. The average Bonchev–Trinajstić information content (AvgIpc) is 3.15. The van der Waals surface area contributed by atoms with E-state index in [4.69, 9.17) is 16.6 Å². The normalized spacial score (nSPS) is 25.1. The molecule has 1 aromatic heterocycles. The highest BCUT2D eigenvalue weighted by Gasteiger charge is 2.32. The molecule has 5 rings (SSSR count). The molecule has 0 N–H and O–H groups in total. The standard InChI is InChI=1S/C24H24ClN5O/c25-20-14-26-24(30-10-8-17-12-18(15-31)28-29-22(17)9-11-30)13-19(20)23-7-3-5-16-4-1-2-6-21(16)27-23/h1-4,6-7,13-15,17-18,22H,5,8-12H2. The molecule has 2 aromatic rings. The van der Waals surface area contributed by atoms with Gasteiger partial charge in [-0.2, -0.15) is 10.2 Å². The van der Waals surface area contributed by atoms with E-state index in [9.17, 15) is 4.79 Å². The molecule has 3 aliphatic rings. The van der Waals surface area contributed by atoms with Gasteiger partial charge in [0.2, 0.25) is 0 Å². The van der Waals surface area contributed by atoms with E-state index in [1.165, 1.54) is 5.56 Å². The fourth-order valence-corrected chi connectivity index (χ4v) is 4.82.